The van der Waals surface area contributed by atoms with E-state index in [1.807, 2.05) is 13.0 Å². The molecule has 0 aliphatic heterocycles. The summed E-state index contributed by atoms with van der Waals surface area (Å²) in [5.41, 5.74) is 0.510. The minimum absolute atomic E-state index is 0.0216. The molecule has 28 heavy (non-hydrogen) atoms. The number of nitrogens with one attached hydrogen (secondary N) is 2. The van der Waals surface area contributed by atoms with Gasteiger partial charge in [-0.3, -0.25) is 4.79 Å². The number of hydrogen-bond donors (Lipinski definition) is 2. The Morgan fingerprint density at radius 1 is 1.29 bits per heavy atom. The van der Waals surface area contributed by atoms with Crippen molar-refractivity contribution in [1.82, 2.24) is 9.97 Å². The number of alkyl halides is 3. The molecule has 0 radical (unpaired) electrons. The first-order chi connectivity index (χ1) is 13.3. The third kappa shape index (κ3) is 4.90. The number of hydrogen-bond acceptors (Lipinski definition) is 4. The minimum Gasteiger partial charge on any atom is -0.494 e. The zero-order chi connectivity index (χ0) is 20.3. The second kappa shape index (κ2) is 8.32. The Hall–Kier alpha value is -2.39. The summed E-state index contributed by atoms with van der Waals surface area (Å²) in [6, 6.07) is 8.63. The highest BCUT2D eigenvalue weighted by Gasteiger charge is 2.33. The summed E-state index contributed by atoms with van der Waals surface area (Å²) in [7, 11) is 0. The van der Waals surface area contributed by atoms with E-state index in [1.165, 1.54) is 6.07 Å². The molecule has 10 heteroatoms. The number of thioether (sulfide) groups is 1. The molecule has 2 aromatic carbocycles. The van der Waals surface area contributed by atoms with Crippen molar-refractivity contribution < 1.29 is 22.7 Å². The third-order valence-electron chi connectivity index (χ3n) is 3.64. The van der Waals surface area contributed by atoms with Crippen LogP contribution in [0.25, 0.3) is 11.0 Å². The maximum atomic E-state index is 12.9. The van der Waals surface area contributed by atoms with Crippen molar-refractivity contribution in [3.63, 3.8) is 0 Å². The van der Waals surface area contributed by atoms with Crippen LogP contribution >= 0.6 is 23.4 Å². The maximum absolute atomic E-state index is 12.9. The molecule has 0 fully saturated rings. The summed E-state index contributed by atoms with van der Waals surface area (Å²) >= 11 is 6.71. The Balaban J connectivity index is 1.64. The molecule has 2 N–H and O–H groups in total. The van der Waals surface area contributed by atoms with Crippen molar-refractivity contribution in [3.8, 4) is 5.75 Å². The number of carbonyl (C=O) groups is 1. The molecule has 0 spiro atoms. The van der Waals surface area contributed by atoms with E-state index in [-0.39, 0.29) is 11.4 Å². The quantitative estimate of drug-likeness (QED) is 0.517. The number of nitrogens with zero attached hydrogens (tertiary/aromatic N) is 1. The number of benzene rings is 2. The van der Waals surface area contributed by atoms with Crippen molar-refractivity contribution in [2.75, 3.05) is 17.7 Å². The van der Waals surface area contributed by atoms with Crippen LogP contribution in [-0.2, 0) is 11.0 Å². The molecule has 0 bridgehead atoms. The largest absolute Gasteiger partial charge is 0.494 e. The molecule has 5 nitrogen and oxygen atoms in total. The Kier molecular flexibility index (Phi) is 6.04. The van der Waals surface area contributed by atoms with Crippen LogP contribution < -0.4 is 10.1 Å². The van der Waals surface area contributed by atoms with Crippen molar-refractivity contribution in [1.29, 1.82) is 0 Å². The predicted octanol–water partition coefficient (Wildman–Crippen LogP) is 5.36. The van der Waals surface area contributed by atoms with Gasteiger partial charge in [0.1, 0.15) is 5.75 Å². The average Bonchev–Trinajstić information content (AvgIpc) is 3.03. The van der Waals surface area contributed by atoms with Gasteiger partial charge in [0.25, 0.3) is 0 Å². The normalized spacial score (nSPS) is 11.6. The van der Waals surface area contributed by atoms with E-state index in [0.717, 1.165) is 34.9 Å². The van der Waals surface area contributed by atoms with Gasteiger partial charge in [0.05, 0.1) is 34.0 Å². The van der Waals surface area contributed by atoms with Gasteiger partial charge in [-0.1, -0.05) is 23.4 Å². The fraction of sp³-hybridized carbons (Fsp3) is 0.222. The van der Waals surface area contributed by atoms with Gasteiger partial charge in [-0.15, -0.1) is 0 Å². The van der Waals surface area contributed by atoms with Crippen molar-refractivity contribution >= 4 is 46.0 Å². The highest BCUT2D eigenvalue weighted by atomic mass is 35.5. The van der Waals surface area contributed by atoms with Gasteiger partial charge >= 0.3 is 6.18 Å². The van der Waals surface area contributed by atoms with E-state index in [2.05, 4.69) is 15.3 Å². The number of carbonyl (C=O) groups excluding carboxylic acids is 1. The molecule has 0 saturated carbocycles. The molecule has 3 rings (SSSR count). The minimum atomic E-state index is -4.60. The molecule has 1 aromatic heterocycles. The number of anilines is 1. The van der Waals surface area contributed by atoms with Gasteiger partial charge in [0, 0.05) is 11.8 Å². The van der Waals surface area contributed by atoms with Crippen molar-refractivity contribution in [2.24, 2.45) is 0 Å². The zero-order valence-corrected chi connectivity index (χ0v) is 16.1. The number of aromatic nitrogens is 2. The lowest BCUT2D eigenvalue weighted by molar-refractivity contribution is -0.137. The SMILES string of the molecule is CCOc1ccc2nc(SCC(=O)Nc3ccc(Cl)c(C(F)(F)F)c3)[nH]c2c1. The standard InChI is InChI=1S/C18H15ClF3N3O2S/c1-2-27-11-4-6-14-15(8-11)25-17(24-14)28-9-16(26)23-10-3-5-13(19)12(7-10)18(20,21)22/h3-8H,2,9H2,1H3,(H,23,26)(H,24,25). The van der Waals surface area contributed by atoms with Crippen molar-refractivity contribution in [3.05, 3.63) is 47.0 Å². The molecule has 1 heterocycles. The Labute approximate surface area is 167 Å². The summed E-state index contributed by atoms with van der Waals surface area (Å²) in [5.74, 6) is 0.217. The highest BCUT2D eigenvalue weighted by molar-refractivity contribution is 7.99. The number of amides is 1. The van der Waals surface area contributed by atoms with Crippen LogP contribution in [0, 0.1) is 0 Å². The fourth-order valence-corrected chi connectivity index (χ4v) is 3.35. The lowest BCUT2D eigenvalue weighted by atomic mass is 10.2. The van der Waals surface area contributed by atoms with Crippen LogP contribution in [0.3, 0.4) is 0 Å². The van der Waals surface area contributed by atoms with E-state index >= 15 is 0 Å². The Morgan fingerprint density at radius 3 is 2.79 bits per heavy atom. The van der Waals surface area contributed by atoms with Gasteiger partial charge in [-0.05, 0) is 37.3 Å². The Bertz CT molecular complexity index is 1010. The van der Waals surface area contributed by atoms with Gasteiger partial charge in [0.15, 0.2) is 5.16 Å². The number of imidazole rings is 1. The van der Waals surface area contributed by atoms with Crippen LogP contribution in [0.4, 0.5) is 18.9 Å². The summed E-state index contributed by atoms with van der Waals surface area (Å²) in [4.78, 5) is 19.5. The number of fused-ring (bicyclic) bond motifs is 1. The predicted molar refractivity (Wildman–Crippen MR) is 103 cm³/mol. The smallest absolute Gasteiger partial charge is 0.417 e. The number of halogens is 4. The molecular formula is C18H15ClF3N3O2S. The highest BCUT2D eigenvalue weighted by Crippen LogP contribution is 2.36. The van der Waals surface area contributed by atoms with Gasteiger partial charge in [-0.2, -0.15) is 13.2 Å². The van der Waals surface area contributed by atoms with E-state index in [4.69, 9.17) is 16.3 Å². The first-order valence-electron chi connectivity index (χ1n) is 8.18. The summed E-state index contributed by atoms with van der Waals surface area (Å²) in [5, 5.41) is 2.53. The Morgan fingerprint density at radius 2 is 2.07 bits per heavy atom. The average molecular weight is 430 g/mol. The summed E-state index contributed by atoms with van der Waals surface area (Å²) in [6.07, 6.45) is -4.60. The monoisotopic (exact) mass is 429 g/mol. The first-order valence-corrected chi connectivity index (χ1v) is 9.54. The molecule has 3 aromatic rings. The number of H-pyrrole nitrogens is 1. The number of aromatic amines is 1. The van der Waals surface area contributed by atoms with E-state index in [0.29, 0.717) is 17.5 Å². The second-order valence-corrected chi connectivity index (χ2v) is 7.05. The van der Waals surface area contributed by atoms with Gasteiger partial charge in [0.2, 0.25) is 5.91 Å². The molecule has 0 aliphatic rings. The topological polar surface area (TPSA) is 67.0 Å². The van der Waals surface area contributed by atoms with E-state index in [9.17, 15) is 18.0 Å². The van der Waals surface area contributed by atoms with E-state index < -0.39 is 22.7 Å². The fourth-order valence-electron chi connectivity index (χ4n) is 2.44. The first kappa shape index (κ1) is 20.3. The molecule has 0 atom stereocenters. The molecular weight excluding hydrogens is 415 g/mol. The maximum Gasteiger partial charge on any atom is 0.417 e. The van der Waals surface area contributed by atoms with Crippen LogP contribution in [0.5, 0.6) is 5.75 Å². The summed E-state index contributed by atoms with van der Waals surface area (Å²) in [6.45, 7) is 2.43. The van der Waals surface area contributed by atoms with Crippen LogP contribution in [0.1, 0.15) is 12.5 Å². The lowest BCUT2D eigenvalue weighted by Gasteiger charge is -2.11. The third-order valence-corrected chi connectivity index (χ3v) is 4.84. The van der Waals surface area contributed by atoms with Crippen LogP contribution in [0.15, 0.2) is 41.6 Å². The van der Waals surface area contributed by atoms with Gasteiger partial charge in [-0.25, -0.2) is 4.98 Å². The molecule has 0 saturated heterocycles. The summed E-state index contributed by atoms with van der Waals surface area (Å²) < 4.78 is 44.1. The molecule has 0 aliphatic carbocycles. The van der Waals surface area contributed by atoms with Crippen molar-refractivity contribution in [2.45, 2.75) is 18.3 Å². The molecule has 0 unspecified atom stereocenters. The van der Waals surface area contributed by atoms with Gasteiger partial charge < -0.3 is 15.0 Å². The van der Waals surface area contributed by atoms with Crippen LogP contribution in [0.2, 0.25) is 5.02 Å². The molecule has 148 valence electrons. The van der Waals surface area contributed by atoms with Crippen LogP contribution in [-0.4, -0.2) is 28.2 Å². The lowest BCUT2D eigenvalue weighted by Crippen LogP contribution is -2.15. The van der Waals surface area contributed by atoms with E-state index in [1.54, 1.807) is 12.1 Å². The number of ether oxygens (including phenoxy) is 1. The molecule has 1 amide bonds. The number of rotatable bonds is 6. The zero-order valence-electron chi connectivity index (χ0n) is 14.6. The second-order valence-electron chi connectivity index (χ2n) is 5.68.